The van der Waals surface area contributed by atoms with Crippen LogP contribution in [0.15, 0.2) is 12.3 Å². The molecule has 0 radical (unpaired) electrons. The minimum atomic E-state index is -5.40. The van der Waals surface area contributed by atoms with Gasteiger partial charge in [-0.2, -0.15) is 39.5 Å². The lowest BCUT2D eigenvalue weighted by Crippen LogP contribution is -2.30. The van der Waals surface area contributed by atoms with E-state index < -0.39 is 60.9 Å². The maximum absolute atomic E-state index is 13.0. The number of alkyl halides is 9. The fraction of sp³-hybridized carbons (Fsp3) is 0.583. The monoisotopic (exact) mass is 352 g/mol. The summed E-state index contributed by atoms with van der Waals surface area (Å²) in [6.45, 7) is -1.25. The summed E-state index contributed by atoms with van der Waals surface area (Å²) < 4.78 is 115. The van der Waals surface area contributed by atoms with Crippen molar-refractivity contribution in [2.45, 2.75) is 24.9 Å². The van der Waals surface area contributed by atoms with Gasteiger partial charge in [0, 0.05) is 19.3 Å². The Labute approximate surface area is 123 Å². The molecular weight excluding hydrogens is 343 g/mol. The van der Waals surface area contributed by atoms with E-state index in [0.29, 0.717) is 17.2 Å². The second-order valence-electron chi connectivity index (χ2n) is 5.02. The van der Waals surface area contributed by atoms with Crippen LogP contribution in [0, 0.1) is 5.92 Å². The molecule has 1 saturated heterocycles. The van der Waals surface area contributed by atoms with E-state index in [1.807, 2.05) is 0 Å². The zero-order valence-corrected chi connectivity index (χ0v) is 11.1. The van der Waals surface area contributed by atoms with Gasteiger partial charge in [0.15, 0.2) is 5.69 Å². The molecule has 11 heteroatoms. The maximum Gasteiger partial charge on any atom is 0.434 e. The Bertz CT molecular complexity index is 573. The van der Waals surface area contributed by atoms with Gasteiger partial charge in [-0.25, -0.2) is 0 Å². The molecule has 2 nitrogen and oxygen atoms in total. The molecule has 0 spiro atoms. The first kappa shape index (κ1) is 17.7. The Hall–Kier alpha value is -1.68. The number of pyridine rings is 1. The molecule has 0 N–H and O–H groups in total. The van der Waals surface area contributed by atoms with Gasteiger partial charge < -0.3 is 4.90 Å². The normalized spacial score (nSPS) is 20.2. The first-order valence-electron chi connectivity index (χ1n) is 6.27. The van der Waals surface area contributed by atoms with Crippen LogP contribution < -0.4 is 4.90 Å². The highest BCUT2D eigenvalue weighted by atomic mass is 19.4. The van der Waals surface area contributed by atoms with Crippen molar-refractivity contribution in [2.24, 2.45) is 5.92 Å². The highest BCUT2D eigenvalue weighted by Crippen LogP contribution is 2.45. The average molecular weight is 352 g/mol. The molecule has 0 bridgehead atoms. The second-order valence-corrected chi connectivity index (χ2v) is 5.02. The molecule has 1 unspecified atom stereocenters. The van der Waals surface area contributed by atoms with Gasteiger partial charge in [0.1, 0.15) is 5.56 Å². The lowest BCUT2D eigenvalue weighted by molar-refractivity contribution is -0.168. The number of rotatable bonds is 1. The summed E-state index contributed by atoms with van der Waals surface area (Å²) in [5, 5.41) is 0. The number of aromatic nitrogens is 1. The molecule has 1 aliphatic heterocycles. The molecule has 1 aliphatic rings. The van der Waals surface area contributed by atoms with Crippen molar-refractivity contribution in [2.75, 3.05) is 18.0 Å². The molecule has 2 rings (SSSR count). The van der Waals surface area contributed by atoms with Crippen LogP contribution in [-0.4, -0.2) is 24.2 Å². The molecule has 1 aromatic heterocycles. The standard InChI is InChI=1S/C12H9F9N2/c13-10(14,15)6-2-4-23(5-6)7-1-3-22-9(12(19,20)21)8(7)11(16,17)18/h1,3,6H,2,4-5H2. The number of halogens is 9. The minimum Gasteiger partial charge on any atom is -0.370 e. The van der Waals surface area contributed by atoms with E-state index in [4.69, 9.17) is 0 Å². The molecule has 130 valence electrons. The molecule has 0 aromatic carbocycles. The lowest BCUT2D eigenvalue weighted by atomic mass is 10.1. The third kappa shape index (κ3) is 3.63. The van der Waals surface area contributed by atoms with E-state index in [2.05, 4.69) is 4.98 Å². The largest absolute Gasteiger partial charge is 0.434 e. The molecule has 1 atom stereocenters. The van der Waals surface area contributed by atoms with Crippen LogP contribution in [-0.2, 0) is 12.4 Å². The van der Waals surface area contributed by atoms with E-state index >= 15 is 0 Å². The van der Waals surface area contributed by atoms with Crippen LogP contribution in [0.1, 0.15) is 17.7 Å². The third-order valence-electron chi connectivity index (χ3n) is 3.47. The Kier molecular flexibility index (Phi) is 4.18. The smallest absolute Gasteiger partial charge is 0.370 e. The predicted octanol–water partition coefficient (Wildman–Crippen LogP) is 4.51. The Morgan fingerprint density at radius 3 is 2.00 bits per heavy atom. The number of nitrogens with zero attached hydrogens (tertiary/aromatic N) is 2. The molecule has 0 aliphatic carbocycles. The van der Waals surface area contributed by atoms with Crippen molar-refractivity contribution in [1.29, 1.82) is 0 Å². The molecule has 1 aromatic rings. The first-order chi connectivity index (χ1) is 10.3. The van der Waals surface area contributed by atoms with Crippen LogP contribution >= 0.6 is 0 Å². The van der Waals surface area contributed by atoms with Gasteiger partial charge in [0.2, 0.25) is 0 Å². The molecular formula is C12H9F9N2. The highest BCUT2D eigenvalue weighted by molar-refractivity contribution is 5.57. The summed E-state index contributed by atoms with van der Waals surface area (Å²) in [4.78, 5) is 3.39. The predicted molar refractivity (Wildman–Crippen MR) is 60.6 cm³/mol. The fourth-order valence-corrected chi connectivity index (χ4v) is 2.46. The van der Waals surface area contributed by atoms with Gasteiger partial charge >= 0.3 is 18.5 Å². The Balaban J connectivity index is 2.48. The van der Waals surface area contributed by atoms with Gasteiger partial charge in [0.05, 0.1) is 11.6 Å². The molecule has 1 fully saturated rings. The molecule has 0 amide bonds. The van der Waals surface area contributed by atoms with E-state index in [1.54, 1.807) is 0 Å². The van der Waals surface area contributed by atoms with Crippen molar-refractivity contribution in [3.63, 3.8) is 0 Å². The first-order valence-corrected chi connectivity index (χ1v) is 6.27. The minimum absolute atomic E-state index is 0.422. The number of hydrogen-bond donors (Lipinski definition) is 0. The number of anilines is 1. The van der Waals surface area contributed by atoms with Crippen molar-refractivity contribution in [1.82, 2.24) is 4.98 Å². The zero-order valence-electron chi connectivity index (χ0n) is 11.1. The van der Waals surface area contributed by atoms with E-state index in [9.17, 15) is 39.5 Å². The fourth-order valence-electron chi connectivity index (χ4n) is 2.46. The van der Waals surface area contributed by atoms with Crippen LogP contribution in [0.25, 0.3) is 0 Å². The van der Waals surface area contributed by atoms with Crippen molar-refractivity contribution >= 4 is 5.69 Å². The van der Waals surface area contributed by atoms with E-state index in [1.165, 1.54) is 0 Å². The lowest BCUT2D eigenvalue weighted by Gasteiger charge is -2.25. The van der Waals surface area contributed by atoms with Crippen LogP contribution in [0.2, 0.25) is 0 Å². The van der Waals surface area contributed by atoms with Crippen molar-refractivity contribution < 1.29 is 39.5 Å². The highest BCUT2D eigenvalue weighted by Gasteiger charge is 2.49. The van der Waals surface area contributed by atoms with Gasteiger partial charge in [-0.1, -0.05) is 0 Å². The summed E-state index contributed by atoms with van der Waals surface area (Å²) in [6.07, 6.45) is -15.4. The van der Waals surface area contributed by atoms with Crippen LogP contribution in [0.3, 0.4) is 0 Å². The van der Waals surface area contributed by atoms with Crippen LogP contribution in [0.5, 0.6) is 0 Å². The molecule has 0 saturated carbocycles. The Morgan fingerprint density at radius 1 is 0.957 bits per heavy atom. The molecule has 23 heavy (non-hydrogen) atoms. The second kappa shape index (κ2) is 5.45. The van der Waals surface area contributed by atoms with Gasteiger partial charge in [-0.05, 0) is 12.5 Å². The topological polar surface area (TPSA) is 16.1 Å². The van der Waals surface area contributed by atoms with Crippen molar-refractivity contribution in [3.05, 3.63) is 23.5 Å². The van der Waals surface area contributed by atoms with Crippen molar-refractivity contribution in [3.8, 4) is 0 Å². The quantitative estimate of drug-likeness (QED) is 0.692. The summed E-state index contributed by atoms with van der Waals surface area (Å²) in [6, 6.07) is 0.650. The summed E-state index contributed by atoms with van der Waals surface area (Å²) in [5.74, 6) is -1.88. The third-order valence-corrected chi connectivity index (χ3v) is 3.47. The summed E-state index contributed by atoms with van der Waals surface area (Å²) in [7, 11) is 0. The maximum atomic E-state index is 13.0. The van der Waals surface area contributed by atoms with Gasteiger partial charge in [-0.3, -0.25) is 4.98 Å². The van der Waals surface area contributed by atoms with Gasteiger partial charge in [0.25, 0.3) is 0 Å². The number of hydrogen-bond acceptors (Lipinski definition) is 2. The Morgan fingerprint density at radius 2 is 1.57 bits per heavy atom. The van der Waals surface area contributed by atoms with Gasteiger partial charge in [-0.15, -0.1) is 0 Å². The van der Waals surface area contributed by atoms with E-state index in [-0.39, 0.29) is 0 Å². The summed E-state index contributed by atoms with van der Waals surface area (Å²) in [5.41, 5.74) is -5.15. The van der Waals surface area contributed by atoms with Crippen LogP contribution in [0.4, 0.5) is 45.2 Å². The zero-order chi connectivity index (χ0) is 17.6. The molecule has 2 heterocycles. The SMILES string of the molecule is FC(F)(F)c1nccc(N2CCC(C(F)(F)F)C2)c1C(F)(F)F. The van der Waals surface area contributed by atoms with E-state index in [0.717, 1.165) is 0 Å². The average Bonchev–Trinajstić information content (AvgIpc) is 2.85. The summed E-state index contributed by atoms with van der Waals surface area (Å²) >= 11 is 0.